The lowest BCUT2D eigenvalue weighted by atomic mass is 9.84. The Bertz CT molecular complexity index is 1120. The molecule has 1 aliphatic rings. The molecule has 0 bridgehead atoms. The highest BCUT2D eigenvalue weighted by Crippen LogP contribution is 2.34. The lowest BCUT2D eigenvalue weighted by molar-refractivity contribution is 0.0660. The van der Waals surface area contributed by atoms with Gasteiger partial charge in [-0.3, -0.25) is 4.79 Å². The van der Waals surface area contributed by atoms with E-state index in [1.807, 2.05) is 6.92 Å². The number of likely N-dealkylation sites (tertiary alicyclic amines) is 1. The van der Waals surface area contributed by atoms with E-state index in [1.165, 1.54) is 34.8 Å². The molecule has 0 aliphatic carbocycles. The highest BCUT2D eigenvalue weighted by molar-refractivity contribution is 6.29. The van der Waals surface area contributed by atoms with E-state index in [0.29, 0.717) is 18.7 Å². The van der Waals surface area contributed by atoms with E-state index in [2.05, 4.69) is 20.1 Å². The second kappa shape index (κ2) is 7.82. The van der Waals surface area contributed by atoms with Crippen LogP contribution in [0.4, 0.5) is 13.2 Å². The Labute approximate surface area is 174 Å². The third-order valence-electron chi connectivity index (χ3n) is 5.47. The van der Waals surface area contributed by atoms with Gasteiger partial charge in [0.25, 0.3) is 18.1 Å². The molecule has 1 saturated heterocycles. The molecule has 0 N–H and O–H groups in total. The zero-order valence-corrected chi connectivity index (χ0v) is 16.9. The lowest BCUT2D eigenvalue weighted by Crippen LogP contribution is -2.43. The first kappa shape index (κ1) is 20.5. The molecule has 11 heteroatoms. The fourth-order valence-electron chi connectivity index (χ4n) is 3.81. The van der Waals surface area contributed by atoms with Crippen molar-refractivity contribution < 1.29 is 18.0 Å². The van der Waals surface area contributed by atoms with Crippen molar-refractivity contribution in [1.82, 2.24) is 29.5 Å². The van der Waals surface area contributed by atoms with Crippen molar-refractivity contribution >= 4 is 23.3 Å². The molecule has 0 saturated carbocycles. The van der Waals surface area contributed by atoms with E-state index in [0.717, 1.165) is 0 Å². The summed E-state index contributed by atoms with van der Waals surface area (Å²) >= 11 is 5.91. The fourth-order valence-corrected chi connectivity index (χ4v) is 4.05. The molecule has 1 fully saturated rings. The monoisotopic (exact) mass is 438 g/mol. The first-order valence-electron chi connectivity index (χ1n) is 9.37. The Morgan fingerprint density at radius 2 is 2.07 bits per heavy atom. The quantitative estimate of drug-likeness (QED) is 0.581. The summed E-state index contributed by atoms with van der Waals surface area (Å²) in [6.07, 6.45) is -0.912. The molecule has 4 heterocycles. The summed E-state index contributed by atoms with van der Waals surface area (Å²) < 4.78 is 42.6. The van der Waals surface area contributed by atoms with Crippen molar-refractivity contribution in [3.8, 4) is 0 Å². The highest BCUT2D eigenvalue weighted by Gasteiger charge is 2.34. The largest absolute Gasteiger partial charge is 0.338 e. The van der Waals surface area contributed by atoms with Crippen LogP contribution in [0.2, 0.25) is 5.15 Å². The molecule has 0 aromatic carbocycles. The van der Waals surface area contributed by atoms with Gasteiger partial charge < -0.3 is 4.90 Å². The van der Waals surface area contributed by atoms with Gasteiger partial charge in [0.15, 0.2) is 5.82 Å². The summed E-state index contributed by atoms with van der Waals surface area (Å²) in [7, 11) is 0. The number of piperidine rings is 1. The van der Waals surface area contributed by atoms with Crippen LogP contribution in [-0.4, -0.2) is 48.5 Å². The van der Waals surface area contributed by atoms with Crippen LogP contribution in [0.25, 0.3) is 5.78 Å². The third-order valence-corrected chi connectivity index (χ3v) is 5.66. The summed E-state index contributed by atoms with van der Waals surface area (Å²) in [6.45, 7) is 4.03. The van der Waals surface area contributed by atoms with E-state index >= 15 is 0 Å². The molecule has 158 valence electrons. The number of alkyl halides is 2. The number of pyridine rings is 1. The Hall–Kier alpha value is -2.75. The van der Waals surface area contributed by atoms with Crippen molar-refractivity contribution in [3.05, 3.63) is 52.1 Å². The van der Waals surface area contributed by atoms with Crippen molar-refractivity contribution in [2.75, 3.05) is 13.1 Å². The van der Waals surface area contributed by atoms with E-state index in [9.17, 15) is 18.0 Å². The van der Waals surface area contributed by atoms with Gasteiger partial charge in [-0.25, -0.2) is 27.7 Å². The van der Waals surface area contributed by atoms with E-state index < -0.39 is 23.8 Å². The maximum atomic E-state index is 14.5. The maximum Gasteiger partial charge on any atom is 0.280 e. The van der Waals surface area contributed by atoms with Crippen LogP contribution >= 0.6 is 11.6 Å². The molecular weight excluding hydrogens is 421 g/mol. The van der Waals surface area contributed by atoms with Crippen LogP contribution in [0.1, 0.15) is 53.1 Å². The number of fused-ring (bicyclic) bond motifs is 1. The zero-order valence-electron chi connectivity index (χ0n) is 16.2. The van der Waals surface area contributed by atoms with Gasteiger partial charge in [-0.15, -0.1) is 0 Å². The molecule has 7 nitrogen and oxygen atoms in total. The number of hydrogen-bond acceptors (Lipinski definition) is 5. The number of aryl methyl sites for hydroxylation is 1. The predicted octanol–water partition coefficient (Wildman–Crippen LogP) is 3.82. The molecule has 0 radical (unpaired) electrons. The van der Waals surface area contributed by atoms with Gasteiger partial charge in [0, 0.05) is 19.0 Å². The second-order valence-corrected chi connectivity index (χ2v) is 7.78. The van der Waals surface area contributed by atoms with Gasteiger partial charge in [0.1, 0.15) is 17.2 Å². The van der Waals surface area contributed by atoms with E-state index in [4.69, 9.17) is 11.6 Å². The minimum Gasteiger partial charge on any atom is -0.338 e. The molecule has 2 atom stereocenters. The van der Waals surface area contributed by atoms with Gasteiger partial charge in [-0.05, 0) is 31.4 Å². The molecule has 30 heavy (non-hydrogen) atoms. The van der Waals surface area contributed by atoms with Gasteiger partial charge in [0.05, 0.1) is 17.0 Å². The third kappa shape index (κ3) is 3.60. The SMILES string of the molecule is Cc1nc(Cl)cc(C(=O)N2CCC(C)[C@H](c3cc(C(F)F)nc4ncnn34)C2)c1F. The topological polar surface area (TPSA) is 76.3 Å². The summed E-state index contributed by atoms with van der Waals surface area (Å²) in [4.78, 5) is 26.1. The number of carbonyl (C=O) groups excluding carboxylic acids is 1. The smallest absolute Gasteiger partial charge is 0.280 e. The Kier molecular flexibility index (Phi) is 5.35. The fraction of sp³-hybridized carbons (Fsp3) is 0.421. The van der Waals surface area contributed by atoms with Crippen LogP contribution in [-0.2, 0) is 0 Å². The van der Waals surface area contributed by atoms with Crippen LogP contribution in [0.3, 0.4) is 0 Å². The molecular formula is C19H18ClF3N6O. The molecule has 4 rings (SSSR count). The van der Waals surface area contributed by atoms with Crippen LogP contribution in [0, 0.1) is 18.7 Å². The van der Waals surface area contributed by atoms with Crippen LogP contribution in [0.5, 0.6) is 0 Å². The first-order chi connectivity index (χ1) is 14.3. The number of hydrogen-bond donors (Lipinski definition) is 0. The van der Waals surface area contributed by atoms with Gasteiger partial charge >= 0.3 is 0 Å². The zero-order chi connectivity index (χ0) is 21.6. The lowest BCUT2D eigenvalue weighted by Gasteiger charge is -2.37. The van der Waals surface area contributed by atoms with Crippen LogP contribution in [0.15, 0.2) is 18.5 Å². The number of carbonyl (C=O) groups is 1. The van der Waals surface area contributed by atoms with Crippen molar-refractivity contribution in [2.45, 2.75) is 32.6 Å². The average molecular weight is 439 g/mol. The van der Waals surface area contributed by atoms with Crippen molar-refractivity contribution in [3.63, 3.8) is 0 Å². The maximum absolute atomic E-state index is 14.5. The standard InChI is InChI=1S/C19H18ClF3N6O/c1-9-3-4-28(18(30)11-5-15(20)26-10(2)16(11)21)7-12(9)14-6-13(17(22)23)27-19-24-8-25-29(14)19/h5-6,8-9,12,17H,3-4,7H2,1-2H3/t9?,12-/m1/s1. The highest BCUT2D eigenvalue weighted by atomic mass is 35.5. The van der Waals surface area contributed by atoms with Crippen LogP contribution < -0.4 is 0 Å². The molecule has 3 aromatic heterocycles. The number of aromatic nitrogens is 5. The summed E-state index contributed by atoms with van der Waals surface area (Å²) in [6, 6.07) is 2.51. The summed E-state index contributed by atoms with van der Waals surface area (Å²) in [5, 5.41) is 4.13. The van der Waals surface area contributed by atoms with E-state index in [-0.39, 0.29) is 40.6 Å². The Morgan fingerprint density at radius 3 is 2.80 bits per heavy atom. The van der Waals surface area contributed by atoms with Crippen molar-refractivity contribution in [1.29, 1.82) is 0 Å². The number of halogens is 4. The molecule has 0 spiro atoms. The van der Waals surface area contributed by atoms with Gasteiger partial charge in [0.2, 0.25) is 0 Å². The number of nitrogens with zero attached hydrogens (tertiary/aromatic N) is 6. The normalized spacial score (nSPS) is 19.6. The molecule has 1 aliphatic heterocycles. The van der Waals surface area contributed by atoms with E-state index in [1.54, 1.807) is 0 Å². The minimum absolute atomic E-state index is 0.0270. The first-order valence-corrected chi connectivity index (χ1v) is 9.74. The minimum atomic E-state index is -2.77. The van der Waals surface area contributed by atoms with Crippen molar-refractivity contribution in [2.24, 2.45) is 5.92 Å². The van der Waals surface area contributed by atoms with Gasteiger partial charge in [-0.1, -0.05) is 18.5 Å². The molecule has 1 unspecified atom stereocenters. The summed E-state index contributed by atoms with van der Waals surface area (Å²) in [5.74, 6) is -1.41. The molecule has 3 aromatic rings. The number of rotatable bonds is 3. The Morgan fingerprint density at radius 1 is 1.30 bits per heavy atom. The predicted molar refractivity (Wildman–Crippen MR) is 102 cm³/mol. The second-order valence-electron chi connectivity index (χ2n) is 7.39. The summed E-state index contributed by atoms with van der Waals surface area (Å²) in [5.41, 5.74) is -0.0338. The average Bonchev–Trinajstić information content (AvgIpc) is 3.18. The molecule has 1 amide bonds. The van der Waals surface area contributed by atoms with Gasteiger partial charge in [-0.2, -0.15) is 10.1 Å². The number of amides is 1. The Balaban J connectivity index is 1.71.